The van der Waals surface area contributed by atoms with E-state index >= 15 is 0 Å². The number of furan rings is 1. The molecule has 0 unspecified atom stereocenters. The van der Waals surface area contributed by atoms with Crippen LogP contribution in [-0.4, -0.2) is 14.8 Å². The van der Waals surface area contributed by atoms with E-state index in [9.17, 15) is 4.39 Å². The van der Waals surface area contributed by atoms with E-state index in [1.165, 1.54) is 12.1 Å². The fourth-order valence-corrected chi connectivity index (χ4v) is 2.53. The van der Waals surface area contributed by atoms with Crippen LogP contribution in [0.15, 0.2) is 65.6 Å². The van der Waals surface area contributed by atoms with Crippen molar-refractivity contribution < 1.29 is 8.81 Å². The van der Waals surface area contributed by atoms with E-state index in [-0.39, 0.29) is 5.82 Å². The van der Waals surface area contributed by atoms with E-state index in [1.807, 2.05) is 34.9 Å². The van der Waals surface area contributed by atoms with Gasteiger partial charge in [0.25, 0.3) is 0 Å². The number of hydrogen-bond acceptors (Lipinski definition) is 3. The Morgan fingerprint density at radius 1 is 1.00 bits per heavy atom. The van der Waals surface area contributed by atoms with Gasteiger partial charge in [-0.05, 0) is 29.8 Å². The van der Waals surface area contributed by atoms with E-state index < -0.39 is 0 Å². The van der Waals surface area contributed by atoms with Crippen molar-refractivity contribution in [3.8, 4) is 11.3 Å². The Hall–Kier alpha value is -2.95. The summed E-state index contributed by atoms with van der Waals surface area (Å²) in [4.78, 5) is 0. The summed E-state index contributed by atoms with van der Waals surface area (Å²) in [5.41, 5.74) is 2.47. The molecule has 0 aliphatic carbocycles. The van der Waals surface area contributed by atoms with Gasteiger partial charge in [0.15, 0.2) is 0 Å². The molecule has 0 fully saturated rings. The number of aromatic nitrogens is 3. The summed E-state index contributed by atoms with van der Waals surface area (Å²) < 4.78 is 21.4. The molecule has 4 nitrogen and oxygen atoms in total. The van der Waals surface area contributed by atoms with Crippen LogP contribution < -0.4 is 0 Å². The lowest BCUT2D eigenvalue weighted by atomic mass is 10.0. The van der Waals surface area contributed by atoms with E-state index in [0.29, 0.717) is 12.3 Å². The second-order valence-corrected chi connectivity index (χ2v) is 5.08. The van der Waals surface area contributed by atoms with Crippen molar-refractivity contribution >= 4 is 11.0 Å². The average Bonchev–Trinajstić information content (AvgIpc) is 3.18. The van der Waals surface area contributed by atoms with Crippen molar-refractivity contribution in [3.63, 3.8) is 0 Å². The molecule has 2 heterocycles. The van der Waals surface area contributed by atoms with Crippen LogP contribution in [0.4, 0.5) is 4.39 Å². The van der Waals surface area contributed by atoms with Crippen LogP contribution in [0.5, 0.6) is 0 Å². The molecule has 0 amide bonds. The quantitative estimate of drug-likeness (QED) is 0.576. The summed E-state index contributed by atoms with van der Waals surface area (Å²) in [5.74, 6) is 0.367. The van der Waals surface area contributed by atoms with Crippen molar-refractivity contribution in [2.24, 2.45) is 0 Å². The zero-order valence-electron chi connectivity index (χ0n) is 11.6. The summed E-state index contributed by atoms with van der Waals surface area (Å²) in [7, 11) is 0. The van der Waals surface area contributed by atoms with E-state index in [0.717, 1.165) is 22.1 Å². The third-order valence-corrected chi connectivity index (χ3v) is 3.58. The lowest BCUT2D eigenvalue weighted by molar-refractivity contribution is 0.615. The number of rotatable bonds is 3. The highest BCUT2D eigenvalue weighted by molar-refractivity contribution is 5.83. The second kappa shape index (κ2) is 5.11. The summed E-state index contributed by atoms with van der Waals surface area (Å²) in [6.07, 6.45) is 3.26. The molecular weight excluding hydrogens is 281 g/mol. The van der Waals surface area contributed by atoms with Crippen LogP contribution in [0.1, 0.15) is 5.56 Å². The minimum absolute atomic E-state index is 0.289. The number of benzene rings is 2. The summed E-state index contributed by atoms with van der Waals surface area (Å²) in [5, 5.41) is 8.57. The molecule has 2 aromatic carbocycles. The van der Waals surface area contributed by atoms with Gasteiger partial charge in [-0.25, -0.2) is 4.39 Å². The van der Waals surface area contributed by atoms with E-state index in [2.05, 4.69) is 10.2 Å². The maximum absolute atomic E-state index is 13.7. The number of para-hydroxylation sites is 1. The van der Waals surface area contributed by atoms with E-state index in [1.54, 1.807) is 18.7 Å². The van der Waals surface area contributed by atoms with Gasteiger partial charge in [-0.1, -0.05) is 24.3 Å². The molecule has 0 spiro atoms. The molecule has 2 aromatic heterocycles. The van der Waals surface area contributed by atoms with Gasteiger partial charge in [0, 0.05) is 10.9 Å². The summed E-state index contributed by atoms with van der Waals surface area (Å²) in [6, 6.07) is 14.4. The predicted molar refractivity (Wildman–Crippen MR) is 80.7 cm³/mol. The predicted octanol–water partition coefficient (Wildman–Crippen LogP) is 3.88. The van der Waals surface area contributed by atoms with Crippen LogP contribution in [0, 0.1) is 5.82 Å². The molecule has 0 aliphatic rings. The van der Waals surface area contributed by atoms with Crippen molar-refractivity contribution in [3.05, 3.63) is 72.6 Å². The molecule has 0 saturated heterocycles. The minimum atomic E-state index is -0.289. The zero-order chi connectivity index (χ0) is 14.9. The molecule has 0 bridgehead atoms. The highest BCUT2D eigenvalue weighted by Gasteiger charge is 2.12. The number of nitrogens with zero attached hydrogens (tertiary/aromatic N) is 3. The lowest BCUT2D eigenvalue weighted by Crippen LogP contribution is -1.99. The first kappa shape index (κ1) is 12.8. The molecule has 0 aliphatic heterocycles. The number of fused-ring (bicyclic) bond motifs is 1. The standard InChI is InChI=1S/C17H12FN3O/c18-14-6-5-13(9-21-10-19-20-11-21)15(8-14)17-7-12-3-1-2-4-16(12)22-17/h1-8,10-11H,9H2. The Labute approximate surface area is 125 Å². The van der Waals surface area contributed by atoms with Gasteiger partial charge < -0.3 is 8.98 Å². The van der Waals surface area contributed by atoms with Crippen molar-refractivity contribution in [1.82, 2.24) is 14.8 Å². The molecule has 4 rings (SSSR count). The fraction of sp³-hybridized carbons (Fsp3) is 0.0588. The van der Waals surface area contributed by atoms with Crippen molar-refractivity contribution in [1.29, 1.82) is 0 Å². The first-order valence-electron chi connectivity index (χ1n) is 6.89. The lowest BCUT2D eigenvalue weighted by Gasteiger charge is -2.08. The Morgan fingerprint density at radius 3 is 2.64 bits per heavy atom. The van der Waals surface area contributed by atoms with Crippen molar-refractivity contribution in [2.45, 2.75) is 6.54 Å². The van der Waals surface area contributed by atoms with Crippen LogP contribution >= 0.6 is 0 Å². The van der Waals surface area contributed by atoms with Gasteiger partial charge >= 0.3 is 0 Å². The Bertz CT molecular complexity index is 895. The highest BCUT2D eigenvalue weighted by atomic mass is 19.1. The van der Waals surface area contributed by atoms with Gasteiger partial charge in [0.1, 0.15) is 29.8 Å². The van der Waals surface area contributed by atoms with Gasteiger partial charge in [0.2, 0.25) is 0 Å². The molecule has 0 N–H and O–H groups in total. The molecule has 4 aromatic rings. The molecule has 22 heavy (non-hydrogen) atoms. The SMILES string of the molecule is Fc1ccc(Cn2cnnc2)c(-c2cc3ccccc3o2)c1. The van der Waals surface area contributed by atoms with E-state index in [4.69, 9.17) is 4.42 Å². The van der Waals surface area contributed by atoms with Crippen molar-refractivity contribution in [2.75, 3.05) is 0 Å². The third kappa shape index (κ3) is 2.26. The maximum atomic E-state index is 13.7. The average molecular weight is 293 g/mol. The minimum Gasteiger partial charge on any atom is -0.456 e. The summed E-state index contributed by atoms with van der Waals surface area (Å²) in [6.45, 7) is 0.555. The molecule has 0 atom stereocenters. The van der Waals surface area contributed by atoms with Crippen LogP contribution in [0.2, 0.25) is 0 Å². The van der Waals surface area contributed by atoms with Crippen LogP contribution in [-0.2, 0) is 6.54 Å². The molecular formula is C17H12FN3O. The molecule has 0 saturated carbocycles. The Balaban J connectivity index is 1.84. The second-order valence-electron chi connectivity index (χ2n) is 5.08. The first-order chi connectivity index (χ1) is 10.8. The van der Waals surface area contributed by atoms with Gasteiger partial charge in [-0.2, -0.15) is 0 Å². The Kier molecular flexibility index (Phi) is 2.96. The zero-order valence-corrected chi connectivity index (χ0v) is 11.6. The first-order valence-corrected chi connectivity index (χ1v) is 6.89. The van der Waals surface area contributed by atoms with Gasteiger partial charge in [-0.15, -0.1) is 10.2 Å². The summed E-state index contributed by atoms with van der Waals surface area (Å²) >= 11 is 0. The molecule has 108 valence electrons. The number of hydrogen-bond donors (Lipinski definition) is 0. The normalized spacial score (nSPS) is 11.1. The molecule has 0 radical (unpaired) electrons. The maximum Gasteiger partial charge on any atom is 0.135 e. The monoisotopic (exact) mass is 293 g/mol. The van der Waals surface area contributed by atoms with Crippen LogP contribution in [0.3, 0.4) is 0 Å². The topological polar surface area (TPSA) is 43.9 Å². The van der Waals surface area contributed by atoms with Crippen LogP contribution in [0.25, 0.3) is 22.3 Å². The van der Waals surface area contributed by atoms with Gasteiger partial charge in [-0.3, -0.25) is 0 Å². The smallest absolute Gasteiger partial charge is 0.135 e. The number of halogens is 1. The Morgan fingerprint density at radius 2 is 1.82 bits per heavy atom. The largest absolute Gasteiger partial charge is 0.456 e. The third-order valence-electron chi connectivity index (χ3n) is 3.58. The fourth-order valence-electron chi connectivity index (χ4n) is 2.53. The molecule has 5 heteroatoms. The van der Waals surface area contributed by atoms with Gasteiger partial charge in [0.05, 0.1) is 6.54 Å². The highest BCUT2D eigenvalue weighted by Crippen LogP contribution is 2.31.